The molecule has 0 spiro atoms. The normalized spacial score (nSPS) is 17.7. The van der Waals surface area contributed by atoms with Gasteiger partial charge in [0.15, 0.2) is 6.04 Å². The largest absolute Gasteiger partial charge is 0.480 e. The van der Waals surface area contributed by atoms with Gasteiger partial charge in [-0.3, -0.25) is 15.0 Å². The van der Waals surface area contributed by atoms with Crippen LogP contribution < -0.4 is 10.7 Å². The third kappa shape index (κ3) is 4.59. The van der Waals surface area contributed by atoms with Crippen molar-refractivity contribution in [2.75, 3.05) is 6.61 Å². The highest BCUT2D eigenvalue weighted by atomic mass is 16.5. The van der Waals surface area contributed by atoms with Crippen molar-refractivity contribution in [2.24, 2.45) is 5.92 Å². The van der Waals surface area contributed by atoms with Crippen LogP contribution in [0.5, 0.6) is 0 Å². The van der Waals surface area contributed by atoms with Gasteiger partial charge >= 0.3 is 12.1 Å². The molecule has 3 N–H and O–H groups in total. The second kappa shape index (κ2) is 9.54. The fourth-order valence-corrected chi connectivity index (χ4v) is 4.57. The molecule has 0 radical (unpaired) electrons. The topological polar surface area (TPSA) is 125 Å². The Morgan fingerprint density at radius 3 is 2.24 bits per heavy atom. The Hall–Kier alpha value is -3.88. The van der Waals surface area contributed by atoms with Gasteiger partial charge in [0.05, 0.1) is 6.42 Å². The quantitative estimate of drug-likeness (QED) is 0.577. The molecule has 34 heavy (non-hydrogen) atoms. The molecule has 0 bridgehead atoms. The van der Waals surface area contributed by atoms with E-state index in [-0.39, 0.29) is 31.3 Å². The summed E-state index contributed by atoms with van der Waals surface area (Å²) in [7, 11) is 0. The van der Waals surface area contributed by atoms with Crippen molar-refractivity contribution in [1.82, 2.24) is 15.8 Å². The number of hydrogen-bond acceptors (Lipinski definition) is 5. The summed E-state index contributed by atoms with van der Waals surface area (Å²) in [6.07, 6.45) is -0.861. The SMILES string of the molecule is CC(C)C[C@H](NC(=O)OCC1c2ccccc2-c2ccccc21)C(=O)N1NC(=O)CC1C(=O)O. The number of fused-ring (bicyclic) bond motifs is 3. The number of nitrogens with one attached hydrogen (secondary N) is 2. The number of carboxylic acid groups (broad SMARTS) is 1. The minimum absolute atomic E-state index is 0.0180. The number of carbonyl (C=O) groups excluding carboxylic acids is 3. The highest BCUT2D eigenvalue weighted by molar-refractivity contribution is 5.96. The van der Waals surface area contributed by atoms with Gasteiger partial charge in [0.2, 0.25) is 5.91 Å². The monoisotopic (exact) mass is 465 g/mol. The Bertz CT molecular complexity index is 1090. The lowest BCUT2D eigenvalue weighted by atomic mass is 9.98. The van der Waals surface area contributed by atoms with Crippen LogP contribution in [0.25, 0.3) is 11.1 Å². The summed E-state index contributed by atoms with van der Waals surface area (Å²) in [5, 5.41) is 12.7. The molecular formula is C25H27N3O6. The number of amides is 3. The average molecular weight is 466 g/mol. The lowest BCUT2D eigenvalue weighted by Gasteiger charge is -2.27. The maximum Gasteiger partial charge on any atom is 0.407 e. The number of hydrazine groups is 1. The van der Waals surface area contributed by atoms with Crippen molar-refractivity contribution in [3.8, 4) is 11.1 Å². The van der Waals surface area contributed by atoms with Crippen LogP contribution in [0.3, 0.4) is 0 Å². The van der Waals surface area contributed by atoms with Crippen molar-refractivity contribution < 1.29 is 29.0 Å². The third-order valence-corrected chi connectivity index (χ3v) is 6.10. The molecule has 9 heteroatoms. The first-order valence-corrected chi connectivity index (χ1v) is 11.2. The van der Waals surface area contributed by atoms with E-state index in [1.54, 1.807) is 0 Å². The number of alkyl carbamates (subject to hydrolysis) is 1. The fraction of sp³-hybridized carbons (Fsp3) is 0.360. The Morgan fingerprint density at radius 1 is 1.09 bits per heavy atom. The van der Waals surface area contributed by atoms with E-state index in [4.69, 9.17) is 4.74 Å². The standard InChI is InChI=1S/C25H27N3O6/c1-14(2)11-20(23(30)28-21(24(31)32)12-22(29)27-28)26-25(33)34-13-19-17-9-5-3-7-15(17)16-8-4-6-10-18(16)19/h3-10,14,19-21H,11-13H2,1-2H3,(H,26,33)(H,27,29)(H,31,32)/t20-,21?/m0/s1. The summed E-state index contributed by atoms with van der Waals surface area (Å²) in [5.74, 6) is -2.67. The lowest BCUT2D eigenvalue weighted by molar-refractivity contribution is -0.151. The number of aliphatic carboxylic acids is 1. The van der Waals surface area contributed by atoms with E-state index in [9.17, 15) is 24.3 Å². The number of nitrogens with zero attached hydrogens (tertiary/aromatic N) is 1. The highest BCUT2D eigenvalue weighted by Gasteiger charge is 2.42. The summed E-state index contributed by atoms with van der Waals surface area (Å²) in [6, 6.07) is 13.5. The van der Waals surface area contributed by atoms with Crippen LogP contribution in [0.4, 0.5) is 4.79 Å². The fourth-order valence-electron chi connectivity index (χ4n) is 4.57. The number of rotatable bonds is 7. The second-order valence-corrected chi connectivity index (χ2v) is 8.95. The van der Waals surface area contributed by atoms with Crippen LogP contribution in [0.15, 0.2) is 48.5 Å². The Kier molecular flexibility index (Phi) is 6.54. The van der Waals surface area contributed by atoms with Crippen LogP contribution in [0.1, 0.15) is 43.7 Å². The third-order valence-electron chi connectivity index (χ3n) is 6.10. The van der Waals surface area contributed by atoms with Gasteiger partial charge in [-0.1, -0.05) is 62.4 Å². The van der Waals surface area contributed by atoms with Gasteiger partial charge in [-0.25, -0.2) is 14.6 Å². The molecule has 1 aliphatic heterocycles. The number of hydrogen-bond donors (Lipinski definition) is 3. The van der Waals surface area contributed by atoms with Gasteiger partial charge in [-0.15, -0.1) is 0 Å². The number of benzene rings is 2. The maximum absolute atomic E-state index is 13.0. The first-order chi connectivity index (χ1) is 16.3. The smallest absolute Gasteiger partial charge is 0.407 e. The van der Waals surface area contributed by atoms with Gasteiger partial charge in [0, 0.05) is 5.92 Å². The lowest BCUT2D eigenvalue weighted by Crippen LogP contribution is -2.55. The van der Waals surface area contributed by atoms with Crippen LogP contribution in [0.2, 0.25) is 0 Å². The van der Waals surface area contributed by atoms with E-state index in [1.807, 2.05) is 62.4 Å². The zero-order valence-corrected chi connectivity index (χ0v) is 19.0. The van der Waals surface area contributed by atoms with Crippen LogP contribution in [0, 0.1) is 5.92 Å². The molecule has 2 aromatic rings. The number of carboxylic acids is 1. The summed E-state index contributed by atoms with van der Waals surface area (Å²) in [6.45, 7) is 3.83. The molecule has 2 atom stereocenters. The number of carbonyl (C=O) groups is 4. The minimum atomic E-state index is -1.32. The van der Waals surface area contributed by atoms with Crippen LogP contribution >= 0.6 is 0 Å². The summed E-state index contributed by atoms with van der Waals surface area (Å²) < 4.78 is 5.54. The molecule has 1 fully saturated rings. The molecule has 0 aromatic heterocycles. The molecule has 178 valence electrons. The number of ether oxygens (including phenoxy) is 1. The molecule has 4 rings (SSSR count). The highest BCUT2D eigenvalue weighted by Crippen LogP contribution is 2.44. The summed E-state index contributed by atoms with van der Waals surface area (Å²) >= 11 is 0. The van der Waals surface area contributed by atoms with E-state index in [0.717, 1.165) is 27.3 Å². The molecule has 3 amide bonds. The molecule has 1 saturated heterocycles. The maximum atomic E-state index is 13.0. The van der Waals surface area contributed by atoms with E-state index >= 15 is 0 Å². The Labute approximate surface area is 197 Å². The van der Waals surface area contributed by atoms with E-state index in [0.29, 0.717) is 0 Å². The van der Waals surface area contributed by atoms with E-state index in [1.165, 1.54) is 0 Å². The van der Waals surface area contributed by atoms with Gasteiger partial charge < -0.3 is 15.2 Å². The van der Waals surface area contributed by atoms with Gasteiger partial charge in [-0.2, -0.15) is 0 Å². The van der Waals surface area contributed by atoms with E-state index in [2.05, 4.69) is 10.7 Å². The molecular weight excluding hydrogens is 438 g/mol. The van der Waals surface area contributed by atoms with Gasteiger partial charge in [0.25, 0.3) is 5.91 Å². The minimum Gasteiger partial charge on any atom is -0.480 e. The Morgan fingerprint density at radius 2 is 1.68 bits per heavy atom. The van der Waals surface area contributed by atoms with Gasteiger partial charge in [-0.05, 0) is 34.6 Å². The molecule has 1 aliphatic carbocycles. The van der Waals surface area contributed by atoms with Crippen molar-refractivity contribution in [2.45, 2.75) is 44.7 Å². The zero-order chi connectivity index (χ0) is 24.4. The van der Waals surface area contributed by atoms with Crippen molar-refractivity contribution >= 4 is 23.9 Å². The molecule has 0 saturated carbocycles. The molecule has 2 aromatic carbocycles. The summed E-state index contributed by atoms with van der Waals surface area (Å²) in [5.41, 5.74) is 6.62. The first-order valence-electron chi connectivity index (χ1n) is 11.2. The predicted octanol–water partition coefficient (Wildman–Crippen LogP) is 2.66. The van der Waals surface area contributed by atoms with Gasteiger partial charge in [0.1, 0.15) is 12.6 Å². The molecule has 2 aliphatic rings. The summed E-state index contributed by atoms with van der Waals surface area (Å²) in [4.78, 5) is 48.9. The molecule has 1 heterocycles. The zero-order valence-electron chi connectivity index (χ0n) is 19.0. The van der Waals surface area contributed by atoms with Crippen molar-refractivity contribution in [3.63, 3.8) is 0 Å². The Balaban J connectivity index is 1.46. The average Bonchev–Trinajstić information content (AvgIpc) is 3.35. The molecule has 1 unspecified atom stereocenters. The van der Waals surface area contributed by atoms with Crippen LogP contribution in [-0.4, -0.2) is 52.7 Å². The van der Waals surface area contributed by atoms with Crippen molar-refractivity contribution in [3.05, 3.63) is 59.7 Å². The van der Waals surface area contributed by atoms with Crippen LogP contribution in [-0.2, 0) is 19.1 Å². The van der Waals surface area contributed by atoms with Crippen molar-refractivity contribution in [1.29, 1.82) is 0 Å². The molecule has 9 nitrogen and oxygen atoms in total. The first kappa shape index (κ1) is 23.3. The second-order valence-electron chi connectivity index (χ2n) is 8.95. The predicted molar refractivity (Wildman–Crippen MR) is 122 cm³/mol. The van der Waals surface area contributed by atoms with E-state index < -0.39 is 36.0 Å².